The fourth-order valence-electron chi connectivity index (χ4n) is 3.34. The molecule has 2 aromatic rings. The van der Waals surface area contributed by atoms with E-state index >= 15 is 0 Å². The van der Waals surface area contributed by atoms with Gasteiger partial charge in [0.15, 0.2) is 5.78 Å². The van der Waals surface area contributed by atoms with E-state index in [4.69, 9.17) is 9.47 Å². The molecule has 1 atom stereocenters. The van der Waals surface area contributed by atoms with E-state index in [2.05, 4.69) is 11.6 Å². The van der Waals surface area contributed by atoms with E-state index in [0.29, 0.717) is 17.0 Å². The summed E-state index contributed by atoms with van der Waals surface area (Å²) in [7, 11) is -2.51. The third kappa shape index (κ3) is 4.88. The Morgan fingerprint density at radius 2 is 1.84 bits per heavy atom. The molecule has 0 aliphatic heterocycles. The summed E-state index contributed by atoms with van der Waals surface area (Å²) < 4.78 is 37.7. The van der Waals surface area contributed by atoms with Crippen molar-refractivity contribution in [2.24, 2.45) is 0 Å². The van der Waals surface area contributed by atoms with Crippen LogP contribution < -0.4 is 4.74 Å². The van der Waals surface area contributed by atoms with Crippen molar-refractivity contribution in [3.63, 3.8) is 0 Å². The molecular formula is C22H28N2O6S. The number of aromatic amines is 1. The van der Waals surface area contributed by atoms with Crippen LogP contribution in [0.2, 0.25) is 0 Å². The van der Waals surface area contributed by atoms with Crippen molar-refractivity contribution in [1.82, 2.24) is 9.29 Å². The monoisotopic (exact) mass is 448 g/mol. The van der Waals surface area contributed by atoms with Crippen molar-refractivity contribution in [2.75, 3.05) is 20.3 Å². The number of benzene rings is 1. The van der Waals surface area contributed by atoms with E-state index < -0.39 is 27.8 Å². The molecule has 8 nitrogen and oxygen atoms in total. The number of esters is 1. The number of rotatable bonds is 10. The maximum absolute atomic E-state index is 13.3. The Labute approximate surface area is 182 Å². The van der Waals surface area contributed by atoms with Crippen molar-refractivity contribution in [3.05, 3.63) is 59.4 Å². The second kappa shape index (κ2) is 9.93. The van der Waals surface area contributed by atoms with Gasteiger partial charge in [-0.25, -0.2) is 13.2 Å². The second-order valence-electron chi connectivity index (χ2n) is 6.92. The summed E-state index contributed by atoms with van der Waals surface area (Å²) in [4.78, 5) is 28.4. The van der Waals surface area contributed by atoms with Gasteiger partial charge in [0.2, 0.25) is 10.0 Å². The van der Waals surface area contributed by atoms with Crippen LogP contribution in [0.15, 0.2) is 41.8 Å². The Hall–Kier alpha value is -2.91. The highest BCUT2D eigenvalue weighted by molar-refractivity contribution is 7.89. The molecule has 0 aliphatic rings. The summed E-state index contributed by atoms with van der Waals surface area (Å²) in [6.07, 6.45) is 1.42. The highest BCUT2D eigenvalue weighted by Crippen LogP contribution is 2.26. The topological polar surface area (TPSA) is 106 Å². The molecule has 1 N–H and O–H groups in total. The van der Waals surface area contributed by atoms with Gasteiger partial charge in [-0.15, -0.1) is 6.58 Å². The minimum Gasteiger partial charge on any atom is -0.497 e. The molecule has 0 fully saturated rings. The van der Waals surface area contributed by atoms with Crippen LogP contribution in [0.1, 0.15) is 46.0 Å². The van der Waals surface area contributed by atoms with Crippen LogP contribution in [-0.2, 0) is 14.8 Å². The molecule has 2 rings (SSSR count). The number of carbonyl (C=O) groups excluding carboxylic acids is 2. The number of hydrogen-bond acceptors (Lipinski definition) is 6. The number of carbonyl (C=O) groups is 2. The van der Waals surface area contributed by atoms with Crippen LogP contribution in [0.25, 0.3) is 0 Å². The number of ketones is 1. The number of aromatic nitrogens is 1. The zero-order valence-electron chi connectivity index (χ0n) is 18.4. The van der Waals surface area contributed by atoms with Crippen LogP contribution in [-0.4, -0.2) is 55.8 Å². The lowest BCUT2D eigenvalue weighted by Gasteiger charge is -2.26. The predicted octanol–water partition coefficient (Wildman–Crippen LogP) is 3.26. The number of aryl methyl sites for hydroxylation is 1. The third-order valence-electron chi connectivity index (χ3n) is 4.95. The summed E-state index contributed by atoms with van der Waals surface area (Å²) in [5.74, 6) is -0.479. The van der Waals surface area contributed by atoms with E-state index in [-0.39, 0.29) is 29.3 Å². The smallest absolute Gasteiger partial charge is 0.355 e. The quantitative estimate of drug-likeness (QED) is 0.340. The summed E-state index contributed by atoms with van der Waals surface area (Å²) in [5.41, 5.74) is 1.35. The van der Waals surface area contributed by atoms with Gasteiger partial charge in [-0.05, 0) is 57.5 Å². The van der Waals surface area contributed by atoms with Gasteiger partial charge >= 0.3 is 5.97 Å². The molecule has 31 heavy (non-hydrogen) atoms. The number of sulfonamides is 1. The predicted molar refractivity (Wildman–Crippen MR) is 117 cm³/mol. The lowest BCUT2D eigenvalue weighted by atomic mass is 10.0. The van der Waals surface area contributed by atoms with E-state index in [1.807, 2.05) is 0 Å². The second-order valence-corrected chi connectivity index (χ2v) is 8.82. The van der Waals surface area contributed by atoms with Crippen molar-refractivity contribution in [1.29, 1.82) is 0 Å². The fourth-order valence-corrected chi connectivity index (χ4v) is 4.91. The van der Waals surface area contributed by atoms with E-state index in [1.165, 1.54) is 44.4 Å². The summed E-state index contributed by atoms with van der Waals surface area (Å²) in [5, 5.41) is 0. The van der Waals surface area contributed by atoms with Crippen LogP contribution >= 0.6 is 0 Å². The van der Waals surface area contributed by atoms with Crippen molar-refractivity contribution in [3.8, 4) is 5.75 Å². The number of ether oxygens (including phenoxy) is 2. The molecule has 1 unspecified atom stereocenters. The highest BCUT2D eigenvalue weighted by Gasteiger charge is 2.35. The first-order valence-electron chi connectivity index (χ1n) is 9.77. The zero-order valence-corrected chi connectivity index (χ0v) is 19.2. The standard InChI is InChI=1S/C22H28N2O6S/c1-7-13-24(31(27,28)18-11-9-17(29-6)10-12-18)16(5)21(25)19-14(3)20(23-15(19)4)22(26)30-8-2/h7,9-12,16,23H,1,8,13H2,2-6H3. The summed E-state index contributed by atoms with van der Waals surface area (Å²) in [6.45, 7) is 10.3. The van der Waals surface area contributed by atoms with E-state index in [9.17, 15) is 18.0 Å². The Morgan fingerprint density at radius 1 is 1.23 bits per heavy atom. The van der Waals surface area contributed by atoms with Crippen molar-refractivity contribution < 1.29 is 27.5 Å². The largest absolute Gasteiger partial charge is 0.497 e. The minimum atomic E-state index is -4.00. The Kier molecular flexibility index (Phi) is 7.80. The summed E-state index contributed by atoms with van der Waals surface area (Å²) >= 11 is 0. The summed E-state index contributed by atoms with van der Waals surface area (Å²) in [6, 6.07) is 4.89. The normalized spacial score (nSPS) is 12.5. The maximum Gasteiger partial charge on any atom is 0.355 e. The lowest BCUT2D eigenvalue weighted by Crippen LogP contribution is -2.43. The molecule has 0 radical (unpaired) electrons. The number of nitrogens with one attached hydrogen (secondary N) is 1. The van der Waals surface area contributed by atoms with Gasteiger partial charge in [-0.2, -0.15) is 4.31 Å². The molecule has 0 amide bonds. The number of Topliss-reactive ketones (excluding diaryl/α,β-unsaturated/α-hetero) is 1. The van der Waals surface area contributed by atoms with Gasteiger partial charge in [0.25, 0.3) is 0 Å². The number of H-pyrrole nitrogens is 1. The number of nitrogens with zero attached hydrogens (tertiary/aromatic N) is 1. The molecule has 0 bridgehead atoms. The van der Waals surface area contributed by atoms with Crippen LogP contribution in [0, 0.1) is 13.8 Å². The van der Waals surface area contributed by atoms with Gasteiger partial charge in [-0.3, -0.25) is 4.79 Å². The minimum absolute atomic E-state index is 0.0320. The van der Waals surface area contributed by atoms with Gasteiger partial charge in [0.1, 0.15) is 11.4 Å². The first-order chi connectivity index (χ1) is 14.6. The Bertz CT molecular complexity index is 1070. The first kappa shape index (κ1) is 24.4. The van der Waals surface area contributed by atoms with E-state index in [1.54, 1.807) is 20.8 Å². The number of hydrogen-bond donors (Lipinski definition) is 1. The van der Waals surface area contributed by atoms with Crippen LogP contribution in [0.5, 0.6) is 5.75 Å². The average molecular weight is 449 g/mol. The molecule has 9 heteroatoms. The highest BCUT2D eigenvalue weighted by atomic mass is 32.2. The fraction of sp³-hybridized carbons (Fsp3) is 0.364. The molecule has 0 aliphatic carbocycles. The maximum atomic E-state index is 13.3. The molecule has 1 heterocycles. The molecule has 0 saturated carbocycles. The molecule has 1 aromatic heterocycles. The SMILES string of the molecule is C=CCN(C(C)C(=O)c1c(C)[nH]c(C(=O)OCC)c1C)S(=O)(=O)c1ccc(OC)cc1. The van der Waals surface area contributed by atoms with Gasteiger partial charge in [0, 0.05) is 17.8 Å². The number of methoxy groups -OCH3 is 1. The molecular weight excluding hydrogens is 420 g/mol. The Balaban J connectivity index is 2.45. The van der Waals surface area contributed by atoms with Gasteiger partial charge < -0.3 is 14.5 Å². The van der Waals surface area contributed by atoms with Crippen LogP contribution in [0.4, 0.5) is 0 Å². The lowest BCUT2D eigenvalue weighted by molar-refractivity contribution is 0.0519. The van der Waals surface area contributed by atoms with Crippen LogP contribution in [0.3, 0.4) is 0 Å². The van der Waals surface area contributed by atoms with Gasteiger partial charge in [0.05, 0.1) is 24.7 Å². The molecule has 168 valence electrons. The van der Waals surface area contributed by atoms with E-state index in [0.717, 1.165) is 4.31 Å². The molecule has 0 saturated heterocycles. The third-order valence-corrected chi connectivity index (χ3v) is 6.90. The zero-order chi connectivity index (χ0) is 23.3. The average Bonchev–Trinajstić information content (AvgIpc) is 3.05. The van der Waals surface area contributed by atoms with Crippen molar-refractivity contribution >= 4 is 21.8 Å². The van der Waals surface area contributed by atoms with Gasteiger partial charge in [-0.1, -0.05) is 6.08 Å². The Morgan fingerprint density at radius 3 is 2.35 bits per heavy atom. The molecule has 1 aromatic carbocycles. The van der Waals surface area contributed by atoms with Crippen molar-refractivity contribution in [2.45, 2.75) is 38.6 Å². The molecule has 0 spiro atoms. The first-order valence-corrected chi connectivity index (χ1v) is 11.2.